The number of nitrogens with zero attached hydrogens (tertiary/aromatic N) is 2. The monoisotopic (exact) mass is 472 g/mol. The number of hydrogen-bond acceptors (Lipinski definition) is 7. The molecule has 2 heterocycles. The molecular formula is C23H24N2O5S2. The van der Waals surface area contributed by atoms with Crippen LogP contribution in [0.5, 0.6) is 11.5 Å². The molecule has 0 spiro atoms. The lowest BCUT2D eigenvalue weighted by molar-refractivity contribution is -0.143. The highest BCUT2D eigenvalue weighted by Crippen LogP contribution is 2.37. The van der Waals surface area contributed by atoms with Gasteiger partial charge < -0.3 is 18.8 Å². The molecule has 0 unspecified atom stereocenters. The molecule has 0 bridgehead atoms. The van der Waals surface area contributed by atoms with Crippen molar-refractivity contribution in [1.82, 2.24) is 4.57 Å². The zero-order chi connectivity index (χ0) is 22.5. The summed E-state index contributed by atoms with van der Waals surface area (Å²) in [7, 11) is 0. The van der Waals surface area contributed by atoms with Gasteiger partial charge in [-0.05, 0) is 26.0 Å². The summed E-state index contributed by atoms with van der Waals surface area (Å²) in [5.41, 5.74) is 2.06. The fraction of sp³-hybridized carbons (Fsp3) is 0.348. The maximum atomic E-state index is 12.6. The Bertz CT molecular complexity index is 1200. The van der Waals surface area contributed by atoms with E-state index in [1.165, 1.54) is 16.9 Å². The van der Waals surface area contributed by atoms with E-state index in [0.29, 0.717) is 41.6 Å². The van der Waals surface area contributed by atoms with E-state index >= 15 is 0 Å². The average Bonchev–Trinajstić information content (AvgIpc) is 3.35. The molecule has 0 N–H and O–H groups in total. The van der Waals surface area contributed by atoms with Gasteiger partial charge in [-0.3, -0.25) is 9.59 Å². The Hall–Kier alpha value is -2.78. The molecule has 0 saturated heterocycles. The quantitative estimate of drug-likeness (QED) is 0.359. The molecule has 32 heavy (non-hydrogen) atoms. The molecule has 7 nitrogen and oxygen atoms in total. The standard InChI is InChI=1S/C23H24N2O5S2/c1-3-28-22(27)8-10-25-17-12-18-19(30-14-29-18)13-20(17)32-23(25)24-21(26)9-11-31-16-6-4-15(2)5-7-16/h4-7,12-13H,3,8-11,14H2,1-2H3. The van der Waals surface area contributed by atoms with Gasteiger partial charge in [0.05, 0.1) is 23.2 Å². The first-order valence-corrected chi connectivity index (χ1v) is 12.2. The summed E-state index contributed by atoms with van der Waals surface area (Å²) < 4.78 is 18.8. The average molecular weight is 473 g/mol. The second-order valence-electron chi connectivity index (χ2n) is 7.18. The number of ether oxygens (including phenoxy) is 3. The van der Waals surface area contributed by atoms with Crippen LogP contribution in [0.1, 0.15) is 25.3 Å². The Kier molecular flexibility index (Phi) is 7.16. The summed E-state index contributed by atoms with van der Waals surface area (Å²) in [6, 6.07) is 12.0. The number of rotatable bonds is 8. The van der Waals surface area contributed by atoms with Gasteiger partial charge in [0.15, 0.2) is 16.3 Å². The molecule has 0 atom stereocenters. The number of aromatic nitrogens is 1. The van der Waals surface area contributed by atoms with Crippen molar-refractivity contribution in [3.8, 4) is 11.5 Å². The van der Waals surface area contributed by atoms with Crippen molar-refractivity contribution >= 4 is 45.2 Å². The molecule has 0 aliphatic carbocycles. The molecule has 4 rings (SSSR count). The maximum Gasteiger partial charge on any atom is 0.307 e. The molecular weight excluding hydrogens is 448 g/mol. The van der Waals surface area contributed by atoms with Crippen molar-refractivity contribution in [3.63, 3.8) is 0 Å². The van der Waals surface area contributed by atoms with Crippen LogP contribution >= 0.6 is 23.1 Å². The van der Waals surface area contributed by atoms with Gasteiger partial charge in [-0.25, -0.2) is 0 Å². The molecule has 3 aromatic rings. The van der Waals surface area contributed by atoms with Crippen LogP contribution in [0.25, 0.3) is 10.2 Å². The van der Waals surface area contributed by atoms with Crippen LogP contribution < -0.4 is 14.3 Å². The van der Waals surface area contributed by atoms with Crippen LogP contribution in [0.15, 0.2) is 46.3 Å². The maximum absolute atomic E-state index is 12.6. The van der Waals surface area contributed by atoms with E-state index in [4.69, 9.17) is 14.2 Å². The smallest absolute Gasteiger partial charge is 0.307 e. The van der Waals surface area contributed by atoms with Crippen LogP contribution in [0.3, 0.4) is 0 Å². The van der Waals surface area contributed by atoms with E-state index in [0.717, 1.165) is 15.1 Å². The Labute approximate surface area is 194 Å². The number of aryl methyl sites for hydroxylation is 2. The van der Waals surface area contributed by atoms with E-state index in [9.17, 15) is 9.59 Å². The number of carbonyl (C=O) groups is 2. The second kappa shape index (κ2) is 10.2. The number of carbonyl (C=O) groups excluding carboxylic acids is 2. The molecule has 1 aromatic heterocycles. The van der Waals surface area contributed by atoms with Gasteiger partial charge in [-0.15, -0.1) is 11.8 Å². The van der Waals surface area contributed by atoms with Gasteiger partial charge in [0, 0.05) is 35.7 Å². The normalized spacial score (nSPS) is 13.0. The molecule has 1 amide bonds. The minimum Gasteiger partial charge on any atom is -0.466 e. The second-order valence-corrected chi connectivity index (χ2v) is 9.36. The lowest BCUT2D eigenvalue weighted by Gasteiger charge is -2.06. The van der Waals surface area contributed by atoms with Crippen molar-refractivity contribution < 1.29 is 23.8 Å². The Morgan fingerprint density at radius 1 is 1.16 bits per heavy atom. The van der Waals surface area contributed by atoms with Gasteiger partial charge in [-0.1, -0.05) is 29.0 Å². The summed E-state index contributed by atoms with van der Waals surface area (Å²) in [5, 5.41) is 0. The first-order chi connectivity index (χ1) is 15.5. The van der Waals surface area contributed by atoms with Crippen LogP contribution in [0, 0.1) is 6.92 Å². The molecule has 0 radical (unpaired) electrons. The number of esters is 1. The van der Waals surface area contributed by atoms with Gasteiger partial charge in [0.2, 0.25) is 12.7 Å². The SMILES string of the molecule is CCOC(=O)CCn1c(=NC(=O)CCSc2ccc(C)cc2)sc2cc3c(cc21)OCO3. The third-order valence-electron chi connectivity index (χ3n) is 4.85. The lowest BCUT2D eigenvalue weighted by Crippen LogP contribution is -2.19. The van der Waals surface area contributed by atoms with Gasteiger partial charge in [-0.2, -0.15) is 4.99 Å². The topological polar surface area (TPSA) is 79.1 Å². The molecule has 0 fully saturated rings. The number of benzene rings is 2. The van der Waals surface area contributed by atoms with Crippen LogP contribution in [-0.4, -0.2) is 35.6 Å². The van der Waals surface area contributed by atoms with Gasteiger partial charge in [0.1, 0.15) is 0 Å². The molecule has 1 aliphatic rings. The molecule has 9 heteroatoms. The van der Waals surface area contributed by atoms with Crippen molar-refractivity contribution in [3.05, 3.63) is 46.8 Å². The van der Waals surface area contributed by atoms with Crippen LogP contribution in [0.2, 0.25) is 0 Å². The molecule has 2 aromatic carbocycles. The van der Waals surface area contributed by atoms with Crippen molar-refractivity contribution in [2.75, 3.05) is 19.2 Å². The van der Waals surface area contributed by atoms with Crippen molar-refractivity contribution in [1.29, 1.82) is 0 Å². The zero-order valence-corrected chi connectivity index (χ0v) is 19.6. The number of hydrogen-bond donors (Lipinski definition) is 0. The van der Waals surface area contributed by atoms with Crippen molar-refractivity contribution in [2.24, 2.45) is 4.99 Å². The predicted octanol–water partition coefficient (Wildman–Crippen LogP) is 4.30. The minimum absolute atomic E-state index is 0.184. The number of fused-ring (bicyclic) bond motifs is 2. The first-order valence-electron chi connectivity index (χ1n) is 10.4. The van der Waals surface area contributed by atoms with Crippen LogP contribution in [0.4, 0.5) is 0 Å². The summed E-state index contributed by atoms with van der Waals surface area (Å²) in [6.07, 6.45) is 0.520. The summed E-state index contributed by atoms with van der Waals surface area (Å²) >= 11 is 3.03. The summed E-state index contributed by atoms with van der Waals surface area (Å²) in [6.45, 7) is 4.71. The Morgan fingerprint density at radius 3 is 2.66 bits per heavy atom. The van der Waals surface area contributed by atoms with E-state index < -0.39 is 0 Å². The number of thioether (sulfide) groups is 1. The van der Waals surface area contributed by atoms with E-state index in [2.05, 4.69) is 29.3 Å². The Balaban J connectivity index is 1.54. The van der Waals surface area contributed by atoms with E-state index in [-0.39, 0.29) is 25.1 Å². The highest BCUT2D eigenvalue weighted by Gasteiger charge is 2.18. The highest BCUT2D eigenvalue weighted by atomic mass is 32.2. The minimum atomic E-state index is -0.285. The molecule has 0 saturated carbocycles. The Morgan fingerprint density at radius 2 is 1.91 bits per heavy atom. The fourth-order valence-corrected chi connectivity index (χ4v) is 5.18. The third kappa shape index (κ3) is 5.34. The fourth-order valence-electron chi connectivity index (χ4n) is 3.25. The van der Waals surface area contributed by atoms with E-state index in [1.54, 1.807) is 18.7 Å². The number of thiazole rings is 1. The summed E-state index contributed by atoms with van der Waals surface area (Å²) in [4.78, 5) is 30.6. The van der Waals surface area contributed by atoms with Crippen LogP contribution in [-0.2, 0) is 20.9 Å². The van der Waals surface area contributed by atoms with Gasteiger partial charge >= 0.3 is 5.97 Å². The van der Waals surface area contributed by atoms with E-state index in [1.807, 2.05) is 23.6 Å². The van der Waals surface area contributed by atoms with Gasteiger partial charge in [0.25, 0.3) is 0 Å². The zero-order valence-electron chi connectivity index (χ0n) is 18.0. The lowest BCUT2D eigenvalue weighted by atomic mass is 10.2. The number of amides is 1. The summed E-state index contributed by atoms with van der Waals surface area (Å²) in [5.74, 6) is 1.49. The highest BCUT2D eigenvalue weighted by molar-refractivity contribution is 7.99. The van der Waals surface area contributed by atoms with Crippen molar-refractivity contribution in [2.45, 2.75) is 38.1 Å². The molecule has 1 aliphatic heterocycles. The largest absolute Gasteiger partial charge is 0.466 e. The first kappa shape index (κ1) is 22.4. The predicted molar refractivity (Wildman–Crippen MR) is 124 cm³/mol. The molecule has 168 valence electrons. The third-order valence-corrected chi connectivity index (χ3v) is 6.90.